The molecule has 0 spiro atoms. The van der Waals surface area contributed by atoms with Gasteiger partial charge in [-0.2, -0.15) is 0 Å². The lowest BCUT2D eigenvalue weighted by molar-refractivity contribution is -0.138. The van der Waals surface area contributed by atoms with Crippen LogP contribution in [0, 0.1) is 6.92 Å². The van der Waals surface area contributed by atoms with Gasteiger partial charge in [0.25, 0.3) is 5.56 Å². The van der Waals surface area contributed by atoms with Gasteiger partial charge in [0.05, 0.1) is 40.1 Å². The van der Waals surface area contributed by atoms with E-state index in [1.54, 1.807) is 57.2 Å². The molecular weight excluding hydrogens is 644 g/mol. The monoisotopic (exact) mass is 676 g/mol. The third-order valence-corrected chi connectivity index (χ3v) is 9.04. The minimum atomic E-state index is -0.863. The zero-order chi connectivity index (χ0) is 34.2. The largest absolute Gasteiger partial charge is 0.463 e. The predicted molar refractivity (Wildman–Crippen MR) is 183 cm³/mol. The zero-order valence-electron chi connectivity index (χ0n) is 27.2. The predicted octanol–water partition coefficient (Wildman–Crippen LogP) is 5.80. The van der Waals surface area contributed by atoms with Crippen LogP contribution in [0.15, 0.2) is 98.6 Å². The van der Waals surface area contributed by atoms with Gasteiger partial charge in [0.2, 0.25) is 6.79 Å². The number of carbonyl (C=O) groups excluding carboxylic acids is 2. The van der Waals surface area contributed by atoms with Gasteiger partial charge in [-0.1, -0.05) is 53.8 Å². The van der Waals surface area contributed by atoms with Gasteiger partial charge in [0, 0.05) is 17.2 Å². The van der Waals surface area contributed by atoms with Crippen LogP contribution in [-0.4, -0.2) is 36.0 Å². The maximum atomic E-state index is 14.3. The summed E-state index contributed by atoms with van der Waals surface area (Å²) in [4.78, 5) is 45.7. The van der Waals surface area contributed by atoms with Crippen LogP contribution in [0.5, 0.6) is 11.5 Å². The van der Waals surface area contributed by atoms with Crippen LogP contribution in [0.1, 0.15) is 59.6 Å². The summed E-state index contributed by atoms with van der Waals surface area (Å²) < 4.78 is 30.2. The Balaban J connectivity index is 1.34. The summed E-state index contributed by atoms with van der Waals surface area (Å²) >= 11 is 1.20. The Labute approximate surface area is 285 Å². The second kappa shape index (κ2) is 13.1. The number of fused-ring (bicyclic) bond motifs is 2. The third-order valence-electron chi connectivity index (χ3n) is 8.06. The van der Waals surface area contributed by atoms with E-state index in [2.05, 4.69) is 0 Å². The van der Waals surface area contributed by atoms with E-state index >= 15 is 0 Å². The van der Waals surface area contributed by atoms with Gasteiger partial charge in [0.15, 0.2) is 16.3 Å². The summed E-state index contributed by atoms with van der Waals surface area (Å²) in [5.74, 6) is 1.17. The summed E-state index contributed by atoms with van der Waals surface area (Å²) in [6.45, 7) is 7.46. The van der Waals surface area contributed by atoms with Crippen LogP contribution in [0.2, 0.25) is 0 Å². The van der Waals surface area contributed by atoms with Crippen molar-refractivity contribution in [3.8, 4) is 22.8 Å². The highest BCUT2D eigenvalue weighted by atomic mass is 32.1. The fourth-order valence-electron chi connectivity index (χ4n) is 5.89. The fraction of sp³-hybridized carbons (Fsp3) is 0.211. The molecule has 2 aliphatic rings. The molecule has 49 heavy (non-hydrogen) atoms. The number of nitrogens with zero attached hydrogens (tertiary/aromatic N) is 2. The van der Waals surface area contributed by atoms with Gasteiger partial charge in [-0.15, -0.1) is 0 Å². The lowest BCUT2D eigenvalue weighted by Gasteiger charge is -2.26. The number of esters is 2. The first-order valence-corrected chi connectivity index (χ1v) is 16.6. The molecule has 0 fully saturated rings. The highest BCUT2D eigenvalue weighted by molar-refractivity contribution is 7.07. The first-order chi connectivity index (χ1) is 23.7. The Bertz CT molecular complexity index is 2310. The molecule has 7 rings (SSSR count). The molecule has 248 valence electrons. The maximum Gasteiger partial charge on any atom is 0.338 e. The number of aromatic nitrogens is 1. The topological polar surface area (TPSA) is 119 Å². The minimum Gasteiger partial charge on any atom is -0.463 e. The zero-order valence-corrected chi connectivity index (χ0v) is 28.0. The molecule has 4 heterocycles. The summed E-state index contributed by atoms with van der Waals surface area (Å²) in [5.41, 5.74) is 3.76. The van der Waals surface area contributed by atoms with Crippen molar-refractivity contribution in [2.75, 3.05) is 13.4 Å². The molecule has 0 saturated carbocycles. The maximum absolute atomic E-state index is 14.3. The lowest BCUT2D eigenvalue weighted by atomic mass is 9.93. The lowest BCUT2D eigenvalue weighted by Crippen LogP contribution is -2.40. The molecule has 0 bridgehead atoms. The molecule has 0 aliphatic carbocycles. The van der Waals surface area contributed by atoms with E-state index in [0.29, 0.717) is 54.7 Å². The van der Waals surface area contributed by atoms with E-state index < -0.39 is 12.0 Å². The van der Waals surface area contributed by atoms with Crippen LogP contribution >= 0.6 is 11.3 Å². The first-order valence-electron chi connectivity index (χ1n) is 15.8. The Hall–Kier alpha value is -5.68. The van der Waals surface area contributed by atoms with E-state index in [4.69, 9.17) is 28.4 Å². The highest BCUT2D eigenvalue weighted by Gasteiger charge is 2.36. The molecule has 0 unspecified atom stereocenters. The molecular formula is C38H32N2O8S. The summed E-state index contributed by atoms with van der Waals surface area (Å²) in [6, 6.07) is 22.7. The van der Waals surface area contributed by atoms with Gasteiger partial charge in [-0.05, 0) is 75.2 Å². The third kappa shape index (κ3) is 6.09. The molecule has 5 aromatic rings. The van der Waals surface area contributed by atoms with Gasteiger partial charge in [0.1, 0.15) is 11.5 Å². The first kappa shape index (κ1) is 31.9. The van der Waals surface area contributed by atoms with Crippen molar-refractivity contribution in [3.63, 3.8) is 0 Å². The normalized spacial score (nSPS) is 15.3. The van der Waals surface area contributed by atoms with Crippen LogP contribution in [0.25, 0.3) is 23.1 Å². The second-order valence-corrected chi connectivity index (χ2v) is 12.7. The number of hydrogen-bond donors (Lipinski definition) is 0. The van der Waals surface area contributed by atoms with Crippen molar-refractivity contribution < 1.29 is 33.0 Å². The van der Waals surface area contributed by atoms with Gasteiger partial charge in [-0.3, -0.25) is 9.36 Å². The molecule has 0 saturated heterocycles. The van der Waals surface area contributed by atoms with Gasteiger partial charge in [-0.25, -0.2) is 14.6 Å². The molecule has 0 N–H and O–H groups in total. The van der Waals surface area contributed by atoms with E-state index in [0.717, 1.165) is 11.1 Å². The molecule has 2 aliphatic heterocycles. The molecule has 3 aromatic carbocycles. The molecule has 2 aromatic heterocycles. The number of carbonyl (C=O) groups is 2. The number of aryl methyl sites for hydroxylation is 1. The SMILES string of the molecule is CCOC(=O)C1=C(c2ccccc2)N=c2s/c(=C/c3ccc(-c4ccc(C(=O)OC(C)C)cc4C)o3)c(=O)n2[C@H]1c1ccc2c(c1)OCO2. The average Bonchev–Trinajstić information content (AvgIpc) is 3.83. The molecule has 10 nitrogen and oxygen atoms in total. The van der Waals surface area contributed by atoms with E-state index in [1.807, 2.05) is 55.5 Å². The van der Waals surface area contributed by atoms with Crippen molar-refractivity contribution in [1.29, 1.82) is 0 Å². The number of ether oxygens (including phenoxy) is 4. The van der Waals surface area contributed by atoms with Crippen molar-refractivity contribution in [2.24, 2.45) is 4.99 Å². The highest BCUT2D eigenvalue weighted by Crippen LogP contribution is 2.40. The van der Waals surface area contributed by atoms with E-state index in [9.17, 15) is 14.4 Å². The standard InChI is InChI=1S/C38H32N2O8S/c1-5-44-37(43)32-33(23-9-7-6-8-10-23)39-38-40(34(32)24-12-15-29-30(18-24)46-20-45-29)35(41)31(49-38)19-26-13-16-28(48-26)27-14-11-25(17-22(27)4)36(42)47-21(2)3/h6-19,21,34H,5,20H2,1-4H3/b31-19+/t34-/m0/s1. The van der Waals surface area contributed by atoms with Crippen molar-refractivity contribution in [3.05, 3.63) is 132 Å². The van der Waals surface area contributed by atoms with Gasteiger partial charge < -0.3 is 23.4 Å². The van der Waals surface area contributed by atoms with Crippen LogP contribution in [-0.2, 0) is 14.3 Å². The van der Waals surface area contributed by atoms with E-state index in [-0.39, 0.29) is 36.6 Å². The fourth-order valence-corrected chi connectivity index (χ4v) is 6.87. The Morgan fingerprint density at radius 2 is 1.80 bits per heavy atom. The quantitative estimate of drug-likeness (QED) is 0.189. The van der Waals surface area contributed by atoms with E-state index in [1.165, 1.54) is 15.9 Å². The molecule has 11 heteroatoms. The Kier molecular flexibility index (Phi) is 8.52. The van der Waals surface area contributed by atoms with Crippen LogP contribution in [0.4, 0.5) is 0 Å². The summed E-state index contributed by atoms with van der Waals surface area (Å²) in [6.07, 6.45) is 1.45. The molecule has 0 amide bonds. The summed E-state index contributed by atoms with van der Waals surface area (Å²) in [5, 5.41) is 0. The van der Waals surface area contributed by atoms with Gasteiger partial charge >= 0.3 is 11.9 Å². The average molecular weight is 677 g/mol. The van der Waals surface area contributed by atoms with Crippen molar-refractivity contribution in [1.82, 2.24) is 4.57 Å². The number of hydrogen-bond acceptors (Lipinski definition) is 10. The number of benzene rings is 3. The summed E-state index contributed by atoms with van der Waals surface area (Å²) in [7, 11) is 0. The molecule has 0 radical (unpaired) electrons. The van der Waals surface area contributed by atoms with Crippen molar-refractivity contribution in [2.45, 2.75) is 39.8 Å². The number of thiazole rings is 1. The molecule has 1 atom stereocenters. The van der Waals surface area contributed by atoms with Crippen LogP contribution in [0.3, 0.4) is 0 Å². The number of rotatable bonds is 8. The smallest absolute Gasteiger partial charge is 0.338 e. The Morgan fingerprint density at radius 1 is 1.00 bits per heavy atom. The van der Waals surface area contributed by atoms with Crippen molar-refractivity contribution >= 4 is 35.0 Å². The second-order valence-electron chi connectivity index (χ2n) is 11.7. The minimum absolute atomic E-state index is 0.0802. The number of furan rings is 1. The van der Waals surface area contributed by atoms with Crippen LogP contribution < -0.4 is 24.4 Å². The Morgan fingerprint density at radius 3 is 2.55 bits per heavy atom.